The van der Waals surface area contributed by atoms with E-state index in [0.29, 0.717) is 69.3 Å². The number of hydrogen-bond donors (Lipinski definition) is 4. The van der Waals surface area contributed by atoms with E-state index in [0.717, 1.165) is 48.7 Å². The summed E-state index contributed by atoms with van der Waals surface area (Å²) in [4.78, 5) is 56.0. The summed E-state index contributed by atoms with van der Waals surface area (Å²) in [6.07, 6.45) is 8.75. The minimum atomic E-state index is -3.25. The molecule has 22 nitrogen and oxygen atoms in total. The largest absolute Gasteiger partial charge is 0.340 e. The lowest BCUT2D eigenvalue weighted by molar-refractivity contribution is -0.133. The lowest BCUT2D eigenvalue weighted by Crippen LogP contribution is -2.48. The van der Waals surface area contributed by atoms with Crippen LogP contribution in [0.15, 0.2) is 0 Å². The zero-order chi connectivity index (χ0) is 56.6. The van der Waals surface area contributed by atoms with E-state index in [1.54, 1.807) is 42.9 Å². The molecule has 4 N–H and O–H groups in total. The second kappa shape index (κ2) is 30.7. The number of likely N-dealkylation sites (N-methyl/N-ethyl adjacent to an activating group) is 4. The van der Waals surface area contributed by atoms with Crippen molar-refractivity contribution in [3.63, 3.8) is 0 Å². The van der Waals surface area contributed by atoms with Crippen LogP contribution in [0.2, 0.25) is 0 Å². The predicted octanol–water partition coefficient (Wildman–Crippen LogP) is -1.67. The topological polar surface area (TPSA) is 300 Å². The first-order chi connectivity index (χ1) is 36.3. The van der Waals surface area contributed by atoms with E-state index in [1.165, 1.54) is 29.9 Å². The quantitative estimate of drug-likeness (QED) is 0.170. The van der Waals surface area contributed by atoms with Crippen molar-refractivity contribution in [2.45, 2.75) is 80.8 Å². The Bertz CT molecular complexity index is 2340. The third-order valence-electron chi connectivity index (χ3n) is 15.3. The van der Waals surface area contributed by atoms with E-state index >= 15 is 0 Å². The highest BCUT2D eigenvalue weighted by Crippen LogP contribution is 2.28. The first kappa shape index (κ1) is 66.3. The molecule has 0 aliphatic carbocycles. The van der Waals surface area contributed by atoms with E-state index in [2.05, 4.69) is 21.3 Å². The average molecular weight is 1240 g/mol. The summed E-state index contributed by atoms with van der Waals surface area (Å²) in [7, 11) is -9.08. The fourth-order valence-electron chi connectivity index (χ4n) is 10.5. The number of carbonyl (C=O) groups is 4. The van der Waals surface area contributed by atoms with Crippen LogP contribution >= 0.6 is 35.3 Å². The van der Waals surface area contributed by atoms with Gasteiger partial charge in [0.1, 0.15) is 24.2 Å². The summed E-state index contributed by atoms with van der Waals surface area (Å²) >= 11 is 5.80. The Morgan fingerprint density at radius 2 is 0.779 bits per heavy atom. The lowest BCUT2D eigenvalue weighted by Gasteiger charge is -2.30. The highest BCUT2D eigenvalue weighted by Gasteiger charge is 2.39. The Hall–Kier alpha value is -1.48. The van der Waals surface area contributed by atoms with Crippen LogP contribution in [-0.4, -0.2) is 282 Å². The molecular weight excluding hydrogens is 1160 g/mol. The van der Waals surface area contributed by atoms with Gasteiger partial charge in [0, 0.05) is 57.6 Å². The van der Waals surface area contributed by atoms with Crippen molar-refractivity contribution in [3.8, 4) is 0 Å². The Morgan fingerprint density at radius 1 is 0.390 bits per heavy atom. The molecule has 0 aromatic rings. The molecule has 0 saturated carbocycles. The van der Waals surface area contributed by atoms with Crippen molar-refractivity contribution in [2.75, 3.05) is 167 Å². The van der Waals surface area contributed by atoms with Gasteiger partial charge in [-0.25, -0.2) is 42.1 Å². The number of carbonyl (C=O) groups excluding carboxylic acids is 4. The van der Waals surface area contributed by atoms with E-state index in [-0.39, 0.29) is 93.6 Å². The molecule has 0 bridgehead atoms. The summed E-state index contributed by atoms with van der Waals surface area (Å²) in [5.41, 5.74) is 0. The number of amides is 4. The van der Waals surface area contributed by atoms with Gasteiger partial charge in [0.15, 0.2) is 49.2 Å². The fourth-order valence-corrected chi connectivity index (χ4v) is 22.0. The van der Waals surface area contributed by atoms with Gasteiger partial charge in [-0.05, 0) is 120 Å². The summed E-state index contributed by atoms with van der Waals surface area (Å²) < 4.78 is 117. The molecule has 77 heavy (non-hydrogen) atoms. The van der Waals surface area contributed by atoms with Gasteiger partial charge < -0.3 is 40.9 Å². The zero-order valence-corrected chi connectivity index (χ0v) is 51.8. The standard InChI is InChI=1S/3C12H22N2O3S2.C11H20N2O5S2/c1-13-11-9-19(16,17)7-4-14(12(11)15)8-10-2-5-18-6-3-10;1-13-11-9-19(16,17)6-4-14(12(11)15)7-10-3-2-5-18-8-10;1-13-11-9-19(16,17)7-5-14(12(11)15)8-10-4-2-3-6-18-10;1-12-10-8-20(17,18)5-3-13(11(10)14)6-9-2-4-19(15,16)7-9/h3*10-11,13H,2-9H2,1H3;9-10,12H,2-8H2,1H3. The van der Waals surface area contributed by atoms with Crippen LogP contribution in [-0.2, 0) is 68.4 Å². The molecule has 7 atom stereocenters. The SMILES string of the molecule is CNC1CS(=O)(=O)CCN(CC2CCCCS2)C1=O.CNC1CS(=O)(=O)CCN(CC2CCCSC2)C1=O.CNC1CS(=O)(=O)CCN(CC2CCS(=O)(=O)C2)C1=O.CNC1CS(=O)(=O)CCN(CC2CCSCC2)C1=O. The normalized spacial score (nSPS) is 31.6. The van der Waals surface area contributed by atoms with Gasteiger partial charge in [-0.2, -0.15) is 35.3 Å². The first-order valence-corrected chi connectivity index (χ1v) is 39.4. The minimum Gasteiger partial charge on any atom is -0.340 e. The summed E-state index contributed by atoms with van der Waals surface area (Å²) in [5.74, 6) is 6.36. The molecule has 8 rings (SSSR count). The van der Waals surface area contributed by atoms with Crippen molar-refractivity contribution in [2.24, 2.45) is 17.8 Å². The van der Waals surface area contributed by atoms with Gasteiger partial charge in [0.05, 0.1) is 57.5 Å². The van der Waals surface area contributed by atoms with E-state index in [9.17, 15) is 61.3 Å². The van der Waals surface area contributed by atoms with Gasteiger partial charge in [-0.3, -0.25) is 19.2 Å². The van der Waals surface area contributed by atoms with E-state index < -0.39 is 73.4 Å². The van der Waals surface area contributed by atoms with Crippen molar-refractivity contribution >= 4 is 108 Å². The number of rotatable bonds is 12. The van der Waals surface area contributed by atoms with Crippen LogP contribution in [0.3, 0.4) is 0 Å². The number of hydrogen-bond acceptors (Lipinski definition) is 21. The van der Waals surface area contributed by atoms with Crippen molar-refractivity contribution in [3.05, 3.63) is 0 Å². The second-order valence-electron chi connectivity index (χ2n) is 21.4. The first-order valence-electron chi connectivity index (χ1n) is 26.9. The molecule has 8 heterocycles. The molecule has 0 aromatic heterocycles. The molecule has 0 spiro atoms. The van der Waals surface area contributed by atoms with Crippen molar-refractivity contribution in [1.29, 1.82) is 0 Å². The molecule has 30 heteroatoms. The molecular formula is C47H86N8O14S8. The van der Waals surface area contributed by atoms with Gasteiger partial charge in [0.25, 0.3) is 0 Å². The summed E-state index contributed by atoms with van der Waals surface area (Å²) in [6.45, 7) is 3.63. The number of nitrogens with zero attached hydrogens (tertiary/aromatic N) is 4. The van der Waals surface area contributed by atoms with Crippen LogP contribution in [0.25, 0.3) is 0 Å². The third-order valence-corrected chi connectivity index (χ3v) is 27.4. The second-order valence-corrected chi connectivity index (χ2v) is 36.3. The van der Waals surface area contributed by atoms with Gasteiger partial charge in [-0.1, -0.05) is 6.42 Å². The molecule has 446 valence electrons. The van der Waals surface area contributed by atoms with E-state index in [4.69, 9.17) is 0 Å². The zero-order valence-electron chi connectivity index (χ0n) is 45.3. The van der Waals surface area contributed by atoms with Crippen LogP contribution in [0.4, 0.5) is 0 Å². The highest BCUT2D eigenvalue weighted by molar-refractivity contribution is 8.00. The minimum absolute atomic E-state index is 0.0539. The molecule has 8 aliphatic rings. The molecule has 8 fully saturated rings. The van der Waals surface area contributed by atoms with Gasteiger partial charge in [0.2, 0.25) is 23.6 Å². The average Bonchev–Trinajstić information content (AvgIpc) is 3.51. The molecule has 4 amide bonds. The van der Waals surface area contributed by atoms with E-state index in [1.807, 2.05) is 35.3 Å². The number of sulfone groups is 5. The summed E-state index contributed by atoms with van der Waals surface area (Å²) in [6, 6.07) is -2.48. The maximum Gasteiger partial charge on any atom is 0.240 e. The molecule has 8 saturated heterocycles. The predicted molar refractivity (Wildman–Crippen MR) is 309 cm³/mol. The highest BCUT2D eigenvalue weighted by atomic mass is 32.2. The van der Waals surface area contributed by atoms with Crippen LogP contribution < -0.4 is 21.3 Å². The monoisotopic (exact) mass is 1240 g/mol. The third kappa shape index (κ3) is 22.0. The van der Waals surface area contributed by atoms with Crippen molar-refractivity contribution < 1.29 is 61.3 Å². The van der Waals surface area contributed by atoms with Gasteiger partial charge in [-0.15, -0.1) is 0 Å². The van der Waals surface area contributed by atoms with Crippen LogP contribution in [0.1, 0.15) is 51.4 Å². The Kier molecular flexibility index (Phi) is 26.5. The number of nitrogens with one attached hydrogen (secondary N) is 4. The Balaban J connectivity index is 0.000000189. The molecule has 0 radical (unpaired) electrons. The fraction of sp³-hybridized carbons (Fsp3) is 0.915. The van der Waals surface area contributed by atoms with Gasteiger partial charge >= 0.3 is 0 Å². The Morgan fingerprint density at radius 3 is 1.13 bits per heavy atom. The molecule has 7 unspecified atom stereocenters. The molecule has 0 aromatic carbocycles. The van der Waals surface area contributed by atoms with Crippen LogP contribution in [0.5, 0.6) is 0 Å². The maximum absolute atomic E-state index is 12.3. The lowest BCUT2D eigenvalue weighted by atomic mass is 10.0. The summed E-state index contributed by atoms with van der Waals surface area (Å²) in [5, 5.41) is 11.7. The van der Waals surface area contributed by atoms with Crippen LogP contribution in [0, 0.1) is 17.8 Å². The smallest absolute Gasteiger partial charge is 0.240 e. The molecule has 8 aliphatic heterocycles. The van der Waals surface area contributed by atoms with Crippen molar-refractivity contribution in [1.82, 2.24) is 40.9 Å². The maximum atomic E-state index is 12.3. The number of thioether (sulfide) groups is 3. The Labute approximate surface area is 472 Å².